The van der Waals surface area contributed by atoms with Crippen molar-refractivity contribution in [2.75, 3.05) is 7.11 Å². The Morgan fingerprint density at radius 2 is 1.83 bits per heavy atom. The number of halogens is 3. The predicted molar refractivity (Wildman–Crippen MR) is 85.6 cm³/mol. The van der Waals surface area contributed by atoms with E-state index >= 15 is 0 Å². The molecule has 0 saturated heterocycles. The standard InChI is InChI=1S/C14H11Br3O/c1-18-11-5-6-12(13(16)8-11)14(17)9-3-2-4-10(15)7-9/h2-8,14H,1H3. The van der Waals surface area contributed by atoms with E-state index in [1.807, 2.05) is 24.3 Å². The van der Waals surface area contributed by atoms with Crippen molar-refractivity contribution in [3.05, 3.63) is 62.5 Å². The summed E-state index contributed by atoms with van der Waals surface area (Å²) in [6.07, 6.45) is 0. The van der Waals surface area contributed by atoms with Crippen molar-refractivity contribution in [3.63, 3.8) is 0 Å². The fourth-order valence-corrected chi connectivity index (χ4v) is 3.68. The molecule has 0 saturated carbocycles. The summed E-state index contributed by atoms with van der Waals surface area (Å²) in [7, 11) is 1.67. The Balaban J connectivity index is 2.37. The van der Waals surface area contributed by atoms with Crippen LogP contribution in [0.1, 0.15) is 16.0 Å². The van der Waals surface area contributed by atoms with Crippen molar-refractivity contribution in [2.45, 2.75) is 4.83 Å². The first-order chi connectivity index (χ1) is 8.61. The van der Waals surface area contributed by atoms with Crippen molar-refractivity contribution in [2.24, 2.45) is 0 Å². The van der Waals surface area contributed by atoms with Gasteiger partial charge in [-0.2, -0.15) is 0 Å². The van der Waals surface area contributed by atoms with Crippen LogP contribution in [0.15, 0.2) is 51.4 Å². The summed E-state index contributed by atoms with van der Waals surface area (Å²) >= 11 is 10.8. The minimum Gasteiger partial charge on any atom is -0.497 e. The van der Waals surface area contributed by atoms with Gasteiger partial charge in [-0.25, -0.2) is 0 Å². The smallest absolute Gasteiger partial charge is 0.120 e. The van der Waals surface area contributed by atoms with Crippen LogP contribution in [-0.2, 0) is 0 Å². The van der Waals surface area contributed by atoms with Crippen LogP contribution in [0.2, 0.25) is 0 Å². The highest BCUT2D eigenvalue weighted by atomic mass is 79.9. The van der Waals surface area contributed by atoms with Crippen LogP contribution in [0.25, 0.3) is 0 Å². The number of rotatable bonds is 3. The lowest BCUT2D eigenvalue weighted by Gasteiger charge is -2.14. The summed E-state index contributed by atoms with van der Waals surface area (Å²) in [5.74, 6) is 0.847. The molecule has 0 aliphatic heterocycles. The van der Waals surface area contributed by atoms with Crippen LogP contribution in [0.3, 0.4) is 0 Å². The Bertz CT molecular complexity index is 554. The second kappa shape index (κ2) is 6.22. The Labute approximate surface area is 132 Å². The first kappa shape index (κ1) is 14.1. The number of ether oxygens (including phenoxy) is 1. The molecular formula is C14H11Br3O. The van der Waals surface area contributed by atoms with Crippen molar-refractivity contribution in [1.29, 1.82) is 0 Å². The predicted octanol–water partition coefficient (Wildman–Crippen LogP) is 5.70. The van der Waals surface area contributed by atoms with Gasteiger partial charge in [0.25, 0.3) is 0 Å². The lowest BCUT2D eigenvalue weighted by Crippen LogP contribution is -1.95. The number of hydrogen-bond donors (Lipinski definition) is 0. The minimum atomic E-state index is 0.148. The van der Waals surface area contributed by atoms with E-state index in [0.29, 0.717) is 0 Å². The van der Waals surface area contributed by atoms with E-state index in [1.165, 1.54) is 11.1 Å². The SMILES string of the molecule is COc1ccc(C(Br)c2cccc(Br)c2)c(Br)c1. The Morgan fingerprint density at radius 1 is 1.06 bits per heavy atom. The van der Waals surface area contributed by atoms with Crippen molar-refractivity contribution in [1.82, 2.24) is 0 Å². The largest absolute Gasteiger partial charge is 0.497 e. The molecule has 0 bridgehead atoms. The van der Waals surface area contributed by atoms with Gasteiger partial charge < -0.3 is 4.74 Å². The molecule has 1 atom stereocenters. The van der Waals surface area contributed by atoms with E-state index in [9.17, 15) is 0 Å². The van der Waals surface area contributed by atoms with Crippen LogP contribution in [0, 0.1) is 0 Å². The van der Waals surface area contributed by atoms with Gasteiger partial charge in [-0.15, -0.1) is 0 Å². The van der Waals surface area contributed by atoms with E-state index < -0.39 is 0 Å². The maximum absolute atomic E-state index is 5.20. The Hall–Kier alpha value is -0.320. The lowest BCUT2D eigenvalue weighted by molar-refractivity contribution is 0.414. The van der Waals surface area contributed by atoms with E-state index in [1.54, 1.807) is 7.11 Å². The average molecular weight is 435 g/mol. The molecule has 2 aromatic rings. The minimum absolute atomic E-state index is 0.148. The third-order valence-electron chi connectivity index (χ3n) is 2.62. The topological polar surface area (TPSA) is 9.23 Å². The molecule has 2 rings (SSSR count). The Kier molecular flexibility index (Phi) is 4.87. The molecule has 1 nitrogen and oxygen atoms in total. The fraction of sp³-hybridized carbons (Fsp3) is 0.143. The second-order valence-corrected chi connectivity index (χ2v) is 6.49. The summed E-state index contributed by atoms with van der Waals surface area (Å²) in [6, 6.07) is 14.3. The zero-order valence-electron chi connectivity index (χ0n) is 9.66. The zero-order valence-corrected chi connectivity index (χ0v) is 14.4. The lowest BCUT2D eigenvalue weighted by atomic mass is 10.0. The van der Waals surface area contributed by atoms with Crippen molar-refractivity contribution >= 4 is 47.8 Å². The summed E-state index contributed by atoms with van der Waals surface area (Å²) in [5.41, 5.74) is 2.38. The summed E-state index contributed by atoms with van der Waals surface area (Å²) in [6.45, 7) is 0. The molecular weight excluding hydrogens is 424 g/mol. The fourth-order valence-electron chi connectivity index (χ4n) is 1.68. The number of methoxy groups -OCH3 is 1. The molecule has 2 aromatic carbocycles. The van der Waals surface area contributed by atoms with E-state index in [2.05, 4.69) is 66.0 Å². The van der Waals surface area contributed by atoms with Gasteiger partial charge in [0.05, 0.1) is 11.9 Å². The highest BCUT2D eigenvalue weighted by Crippen LogP contribution is 2.37. The number of alkyl halides is 1. The van der Waals surface area contributed by atoms with Crippen molar-refractivity contribution < 1.29 is 4.74 Å². The second-order valence-electron chi connectivity index (χ2n) is 3.81. The molecule has 0 N–H and O–H groups in total. The number of benzene rings is 2. The van der Waals surface area contributed by atoms with Crippen LogP contribution in [-0.4, -0.2) is 7.11 Å². The third-order valence-corrected chi connectivity index (χ3v) is 4.82. The van der Waals surface area contributed by atoms with Crippen molar-refractivity contribution in [3.8, 4) is 5.75 Å². The quantitative estimate of drug-likeness (QED) is 0.562. The zero-order chi connectivity index (χ0) is 13.1. The van der Waals surface area contributed by atoms with Gasteiger partial charge >= 0.3 is 0 Å². The van der Waals surface area contributed by atoms with Gasteiger partial charge in [0.15, 0.2) is 0 Å². The van der Waals surface area contributed by atoms with Crippen LogP contribution in [0.4, 0.5) is 0 Å². The normalized spacial score (nSPS) is 12.2. The van der Waals surface area contributed by atoms with Crippen LogP contribution in [0.5, 0.6) is 5.75 Å². The molecule has 0 spiro atoms. The molecule has 18 heavy (non-hydrogen) atoms. The van der Waals surface area contributed by atoms with Gasteiger partial charge in [-0.1, -0.05) is 66.0 Å². The van der Waals surface area contributed by atoms with Gasteiger partial charge in [0, 0.05) is 8.95 Å². The number of hydrogen-bond acceptors (Lipinski definition) is 1. The summed E-state index contributed by atoms with van der Waals surface area (Å²) < 4.78 is 7.31. The maximum Gasteiger partial charge on any atom is 0.120 e. The van der Waals surface area contributed by atoms with Gasteiger partial charge in [0.1, 0.15) is 5.75 Å². The maximum atomic E-state index is 5.20. The molecule has 0 aliphatic rings. The van der Waals surface area contributed by atoms with Crippen LogP contribution >= 0.6 is 47.8 Å². The highest BCUT2D eigenvalue weighted by Gasteiger charge is 2.14. The summed E-state index contributed by atoms with van der Waals surface area (Å²) in [4.78, 5) is 0.148. The molecule has 1 unspecified atom stereocenters. The molecule has 94 valence electrons. The first-order valence-electron chi connectivity index (χ1n) is 5.35. The van der Waals surface area contributed by atoms with E-state index in [0.717, 1.165) is 14.7 Å². The van der Waals surface area contributed by atoms with Gasteiger partial charge in [-0.05, 0) is 35.4 Å². The van der Waals surface area contributed by atoms with Crippen LogP contribution < -0.4 is 4.74 Å². The molecule has 4 heteroatoms. The highest BCUT2D eigenvalue weighted by molar-refractivity contribution is 9.11. The molecule has 0 amide bonds. The Morgan fingerprint density at radius 3 is 2.44 bits per heavy atom. The van der Waals surface area contributed by atoms with E-state index in [4.69, 9.17) is 4.74 Å². The molecule has 0 heterocycles. The third kappa shape index (κ3) is 3.16. The average Bonchev–Trinajstić information content (AvgIpc) is 2.37. The summed E-state index contributed by atoms with van der Waals surface area (Å²) in [5, 5.41) is 0. The van der Waals surface area contributed by atoms with Gasteiger partial charge in [-0.3, -0.25) is 0 Å². The molecule has 0 aliphatic carbocycles. The molecule has 0 fully saturated rings. The van der Waals surface area contributed by atoms with E-state index in [-0.39, 0.29) is 4.83 Å². The molecule has 0 radical (unpaired) electrons. The van der Waals surface area contributed by atoms with Gasteiger partial charge in [0.2, 0.25) is 0 Å². The monoisotopic (exact) mass is 432 g/mol. The molecule has 0 aromatic heterocycles. The first-order valence-corrected chi connectivity index (χ1v) is 7.85.